The Kier molecular flexibility index (Phi) is 5.66. The van der Waals surface area contributed by atoms with Gasteiger partial charge < -0.3 is 14.7 Å². The van der Waals surface area contributed by atoms with E-state index >= 15 is 0 Å². The average Bonchev–Trinajstić information content (AvgIpc) is 2.48. The molecule has 1 atom stereocenters. The van der Waals surface area contributed by atoms with Crippen LogP contribution in [0.5, 0.6) is 0 Å². The van der Waals surface area contributed by atoms with E-state index in [2.05, 4.69) is 4.98 Å². The van der Waals surface area contributed by atoms with Gasteiger partial charge in [0.25, 0.3) is 0 Å². The molecule has 1 aromatic carbocycles. The van der Waals surface area contributed by atoms with Crippen LogP contribution >= 0.6 is 0 Å². The zero-order valence-corrected chi connectivity index (χ0v) is 11.9. The molecule has 21 heavy (non-hydrogen) atoms. The third-order valence-corrected chi connectivity index (χ3v) is 3.01. The fraction of sp³-hybridized carbons (Fsp3) is 0.312. The summed E-state index contributed by atoms with van der Waals surface area (Å²) in [5.74, 6) is -0.183. The summed E-state index contributed by atoms with van der Waals surface area (Å²) in [4.78, 5) is 5.53. The summed E-state index contributed by atoms with van der Waals surface area (Å²) in [5, 5.41) is 9.93. The maximum Gasteiger partial charge on any atom is 0.165 e. The van der Waals surface area contributed by atoms with Gasteiger partial charge in [-0.05, 0) is 17.7 Å². The van der Waals surface area contributed by atoms with Crippen molar-refractivity contribution < 1.29 is 14.2 Å². The highest BCUT2D eigenvalue weighted by molar-refractivity contribution is 5.38. The number of anilines is 1. The molecule has 5 heteroatoms. The summed E-state index contributed by atoms with van der Waals surface area (Å²) in [6.45, 7) is 0.885. The van der Waals surface area contributed by atoms with Gasteiger partial charge >= 0.3 is 0 Å². The predicted molar refractivity (Wildman–Crippen MR) is 79.6 cm³/mol. The van der Waals surface area contributed by atoms with Gasteiger partial charge in [-0.1, -0.05) is 30.3 Å². The molecule has 0 unspecified atom stereocenters. The van der Waals surface area contributed by atoms with Crippen LogP contribution in [0.25, 0.3) is 0 Å². The zero-order chi connectivity index (χ0) is 15.1. The van der Waals surface area contributed by atoms with Crippen LogP contribution in [0.1, 0.15) is 5.56 Å². The van der Waals surface area contributed by atoms with Crippen molar-refractivity contribution in [2.24, 2.45) is 0 Å². The van der Waals surface area contributed by atoms with Gasteiger partial charge in [0.2, 0.25) is 0 Å². The maximum absolute atomic E-state index is 13.5. The van der Waals surface area contributed by atoms with Crippen LogP contribution in [0.3, 0.4) is 0 Å². The molecule has 0 aliphatic rings. The van der Waals surface area contributed by atoms with E-state index in [-0.39, 0.29) is 19.0 Å². The van der Waals surface area contributed by atoms with Gasteiger partial charge in [-0.3, -0.25) is 0 Å². The van der Waals surface area contributed by atoms with Crippen molar-refractivity contribution in [3.63, 3.8) is 0 Å². The number of benzene rings is 1. The summed E-state index contributed by atoms with van der Waals surface area (Å²) in [5.41, 5.74) is 1.05. The third kappa shape index (κ3) is 4.81. The quantitative estimate of drug-likeness (QED) is 0.849. The van der Waals surface area contributed by atoms with Crippen LogP contribution in [-0.2, 0) is 11.3 Å². The molecule has 2 aromatic rings. The van der Waals surface area contributed by atoms with Crippen molar-refractivity contribution in [1.82, 2.24) is 4.98 Å². The minimum absolute atomic E-state index is 0.188. The second kappa shape index (κ2) is 7.71. The minimum atomic E-state index is -0.708. The molecular formula is C16H19FN2O2. The molecule has 1 N–H and O–H groups in total. The molecule has 0 fully saturated rings. The van der Waals surface area contributed by atoms with E-state index in [0.717, 1.165) is 5.56 Å². The number of hydrogen-bond acceptors (Lipinski definition) is 4. The number of nitrogens with zero attached hydrogens (tertiary/aromatic N) is 2. The van der Waals surface area contributed by atoms with Crippen LogP contribution in [0.2, 0.25) is 0 Å². The Labute approximate surface area is 123 Å². The number of pyridine rings is 1. The first-order valence-electron chi connectivity index (χ1n) is 6.78. The van der Waals surface area contributed by atoms with Crippen LogP contribution in [-0.4, -0.2) is 36.4 Å². The molecule has 0 spiro atoms. The summed E-state index contributed by atoms with van der Waals surface area (Å²) in [6.07, 6.45) is 0.813. The van der Waals surface area contributed by atoms with E-state index in [1.54, 1.807) is 11.9 Å². The summed E-state index contributed by atoms with van der Waals surface area (Å²) < 4.78 is 19.0. The molecule has 0 aliphatic carbocycles. The van der Waals surface area contributed by atoms with Crippen molar-refractivity contribution in [1.29, 1.82) is 0 Å². The molecule has 0 aliphatic heterocycles. The van der Waals surface area contributed by atoms with Gasteiger partial charge in [0.05, 0.1) is 19.3 Å². The normalized spacial score (nSPS) is 12.1. The molecule has 2 rings (SSSR count). The molecule has 0 amide bonds. The lowest BCUT2D eigenvalue weighted by Crippen LogP contribution is -2.33. The molecular weight excluding hydrogens is 271 g/mol. The monoisotopic (exact) mass is 290 g/mol. The largest absolute Gasteiger partial charge is 0.389 e. The number of halogens is 1. The van der Waals surface area contributed by atoms with Gasteiger partial charge in [-0.15, -0.1) is 0 Å². The molecule has 1 aromatic heterocycles. The molecule has 4 nitrogen and oxygen atoms in total. The molecule has 0 bridgehead atoms. The highest BCUT2D eigenvalue weighted by Gasteiger charge is 2.13. The van der Waals surface area contributed by atoms with E-state index in [1.165, 1.54) is 18.3 Å². The SMILES string of the molecule is CN(C[C@@H](O)COCc1ccccc1)c1ncccc1F. The summed E-state index contributed by atoms with van der Waals surface area (Å²) in [6, 6.07) is 12.6. The average molecular weight is 290 g/mol. The first-order chi connectivity index (χ1) is 10.2. The van der Waals surface area contributed by atoms with Crippen molar-refractivity contribution >= 4 is 5.82 Å². The molecule has 0 radical (unpaired) electrons. The molecule has 0 saturated carbocycles. The van der Waals surface area contributed by atoms with E-state index in [0.29, 0.717) is 6.61 Å². The second-order valence-electron chi connectivity index (χ2n) is 4.84. The fourth-order valence-electron chi connectivity index (χ4n) is 2.00. The van der Waals surface area contributed by atoms with Crippen LogP contribution < -0.4 is 4.90 Å². The van der Waals surface area contributed by atoms with Gasteiger partial charge in [-0.2, -0.15) is 0 Å². The lowest BCUT2D eigenvalue weighted by Gasteiger charge is -2.22. The maximum atomic E-state index is 13.5. The Morgan fingerprint density at radius 1 is 1.24 bits per heavy atom. The van der Waals surface area contributed by atoms with Gasteiger partial charge in [-0.25, -0.2) is 9.37 Å². The van der Waals surface area contributed by atoms with E-state index in [1.807, 2.05) is 30.3 Å². The van der Waals surface area contributed by atoms with Crippen LogP contribution in [0.15, 0.2) is 48.7 Å². The van der Waals surface area contributed by atoms with Crippen LogP contribution in [0, 0.1) is 5.82 Å². The Morgan fingerprint density at radius 2 is 2.00 bits per heavy atom. The number of likely N-dealkylation sites (N-methyl/N-ethyl adjacent to an activating group) is 1. The first kappa shape index (κ1) is 15.4. The molecule has 112 valence electrons. The summed E-state index contributed by atoms with van der Waals surface area (Å²) in [7, 11) is 1.69. The van der Waals surface area contributed by atoms with E-state index in [4.69, 9.17) is 4.74 Å². The zero-order valence-electron chi connectivity index (χ0n) is 11.9. The highest BCUT2D eigenvalue weighted by atomic mass is 19.1. The Balaban J connectivity index is 1.77. The minimum Gasteiger partial charge on any atom is -0.389 e. The fourth-order valence-corrected chi connectivity index (χ4v) is 2.00. The number of rotatable bonds is 7. The van der Waals surface area contributed by atoms with Gasteiger partial charge in [0.1, 0.15) is 0 Å². The van der Waals surface area contributed by atoms with E-state index in [9.17, 15) is 9.50 Å². The first-order valence-corrected chi connectivity index (χ1v) is 6.78. The Morgan fingerprint density at radius 3 is 2.71 bits per heavy atom. The number of aliphatic hydroxyl groups excluding tert-OH is 1. The van der Waals surface area contributed by atoms with Crippen molar-refractivity contribution in [2.45, 2.75) is 12.7 Å². The third-order valence-electron chi connectivity index (χ3n) is 3.01. The van der Waals surface area contributed by atoms with Crippen LogP contribution in [0.4, 0.5) is 10.2 Å². The number of aromatic nitrogens is 1. The highest BCUT2D eigenvalue weighted by Crippen LogP contribution is 2.13. The number of hydrogen-bond donors (Lipinski definition) is 1. The molecule has 0 saturated heterocycles. The van der Waals surface area contributed by atoms with Gasteiger partial charge in [0.15, 0.2) is 11.6 Å². The number of aliphatic hydroxyl groups is 1. The Bertz CT molecular complexity index is 551. The predicted octanol–water partition coefficient (Wildman–Crippen LogP) is 2.23. The van der Waals surface area contributed by atoms with Crippen molar-refractivity contribution in [3.05, 3.63) is 60.0 Å². The van der Waals surface area contributed by atoms with Gasteiger partial charge in [0, 0.05) is 19.8 Å². The topological polar surface area (TPSA) is 45.6 Å². The lowest BCUT2D eigenvalue weighted by atomic mass is 10.2. The summed E-state index contributed by atoms with van der Waals surface area (Å²) >= 11 is 0. The second-order valence-corrected chi connectivity index (χ2v) is 4.84. The lowest BCUT2D eigenvalue weighted by molar-refractivity contribution is 0.0323. The Hall–Kier alpha value is -1.98. The standard InChI is InChI=1S/C16H19FN2O2/c1-19(16-15(17)8-5-9-18-16)10-14(20)12-21-11-13-6-3-2-4-7-13/h2-9,14,20H,10-12H2,1H3/t14-/m1/s1. The van der Waals surface area contributed by atoms with E-state index < -0.39 is 11.9 Å². The number of ether oxygens (including phenoxy) is 1. The van der Waals surface area contributed by atoms with Crippen molar-refractivity contribution in [3.8, 4) is 0 Å². The molecule has 1 heterocycles. The smallest absolute Gasteiger partial charge is 0.165 e. The van der Waals surface area contributed by atoms with Crippen molar-refractivity contribution in [2.75, 3.05) is 25.1 Å².